The predicted octanol–water partition coefficient (Wildman–Crippen LogP) is 11.3. The Kier molecular flexibility index (Phi) is 14.6. The van der Waals surface area contributed by atoms with Gasteiger partial charge in [0.15, 0.2) is 0 Å². The highest BCUT2D eigenvalue weighted by atomic mass is 32.1. The summed E-state index contributed by atoms with van der Waals surface area (Å²) in [5.74, 6) is 14.3. The van der Waals surface area contributed by atoms with Gasteiger partial charge in [-0.3, -0.25) is 0 Å². The van der Waals surface area contributed by atoms with E-state index in [0.717, 1.165) is 89.0 Å². The van der Waals surface area contributed by atoms with Gasteiger partial charge in [-0.15, -0.1) is 0 Å². The number of fused-ring (bicyclic) bond motifs is 1. The molecule has 0 saturated heterocycles. The van der Waals surface area contributed by atoms with E-state index in [1.807, 2.05) is 66.7 Å². The monoisotopic (exact) mass is 704 g/mol. The van der Waals surface area contributed by atoms with Gasteiger partial charge in [0.2, 0.25) is 0 Å². The molecule has 0 bridgehead atoms. The minimum Gasteiger partial charge on any atom is -0.494 e. The van der Waals surface area contributed by atoms with Crippen molar-refractivity contribution < 1.29 is 18.3 Å². The fourth-order valence-electron chi connectivity index (χ4n) is 5.42. The Morgan fingerprint density at radius 2 is 0.940 bits per heavy atom. The second kappa shape index (κ2) is 19.7. The average Bonchev–Trinajstić information content (AvgIpc) is 3.13. The second-order valence-electron chi connectivity index (χ2n) is 12.1. The van der Waals surface area contributed by atoms with E-state index in [1.54, 1.807) is 18.2 Å². The largest absolute Gasteiger partial charge is 0.494 e. The molecule has 256 valence electrons. The molecule has 0 saturated carbocycles. The number of thiol groups is 2. The second-order valence-corrected chi connectivity index (χ2v) is 13.0. The predicted molar refractivity (Wildman–Crippen MR) is 210 cm³/mol. The maximum absolute atomic E-state index is 15.0. The fraction of sp³-hybridized carbons (Fsp3) is 0.273. The molecule has 0 fully saturated rings. The van der Waals surface area contributed by atoms with Gasteiger partial charge in [0, 0.05) is 11.1 Å². The van der Waals surface area contributed by atoms with Crippen LogP contribution in [-0.2, 0) is 0 Å². The molecule has 5 aromatic rings. The summed E-state index contributed by atoms with van der Waals surface area (Å²) >= 11 is 8.49. The van der Waals surface area contributed by atoms with Crippen LogP contribution in [0.25, 0.3) is 21.9 Å². The van der Waals surface area contributed by atoms with E-state index in [2.05, 4.69) is 48.9 Å². The number of benzene rings is 5. The fourth-order valence-corrected chi connectivity index (χ4v) is 5.87. The van der Waals surface area contributed by atoms with Crippen molar-refractivity contribution in [1.29, 1.82) is 0 Å². The van der Waals surface area contributed by atoms with E-state index < -0.39 is 11.6 Å². The Morgan fingerprint density at radius 3 is 1.58 bits per heavy atom. The van der Waals surface area contributed by atoms with Crippen LogP contribution in [0, 0.1) is 35.3 Å². The van der Waals surface area contributed by atoms with Crippen molar-refractivity contribution >= 4 is 36.0 Å². The topological polar surface area (TPSA) is 18.5 Å². The van der Waals surface area contributed by atoms with Crippen molar-refractivity contribution in [2.45, 2.75) is 51.4 Å². The van der Waals surface area contributed by atoms with Crippen molar-refractivity contribution in [3.8, 4) is 46.3 Å². The zero-order valence-corrected chi connectivity index (χ0v) is 30.0. The Labute approximate surface area is 306 Å². The molecule has 0 amide bonds. The number of rotatable bonds is 15. The van der Waals surface area contributed by atoms with Gasteiger partial charge in [-0.25, -0.2) is 8.78 Å². The quantitative estimate of drug-likeness (QED) is 0.0642. The van der Waals surface area contributed by atoms with Crippen LogP contribution in [0.2, 0.25) is 0 Å². The van der Waals surface area contributed by atoms with Gasteiger partial charge in [-0.1, -0.05) is 79.7 Å². The first-order chi connectivity index (χ1) is 24.5. The van der Waals surface area contributed by atoms with Crippen molar-refractivity contribution in [3.05, 3.63) is 131 Å². The molecule has 6 heteroatoms. The van der Waals surface area contributed by atoms with E-state index in [-0.39, 0.29) is 11.1 Å². The summed E-state index contributed by atoms with van der Waals surface area (Å²) < 4.78 is 41.7. The number of halogens is 2. The Balaban J connectivity index is 1.16. The molecule has 0 heterocycles. The van der Waals surface area contributed by atoms with Crippen LogP contribution in [0.5, 0.6) is 11.5 Å². The van der Waals surface area contributed by atoms with Gasteiger partial charge in [0.05, 0.1) is 24.3 Å². The first kappa shape index (κ1) is 36.9. The van der Waals surface area contributed by atoms with Crippen LogP contribution in [0.3, 0.4) is 0 Å². The summed E-state index contributed by atoms with van der Waals surface area (Å²) in [5, 5.41) is 2.10. The van der Waals surface area contributed by atoms with Crippen LogP contribution in [0.15, 0.2) is 97.1 Å². The lowest BCUT2D eigenvalue weighted by Crippen LogP contribution is -1.97. The molecule has 0 spiro atoms. The van der Waals surface area contributed by atoms with E-state index in [0.29, 0.717) is 18.8 Å². The minimum atomic E-state index is -0.478. The highest BCUT2D eigenvalue weighted by molar-refractivity contribution is 7.80. The lowest BCUT2D eigenvalue weighted by molar-refractivity contribution is 0.305. The molecule has 0 aliphatic carbocycles. The van der Waals surface area contributed by atoms with Crippen molar-refractivity contribution in [2.24, 2.45) is 0 Å². The summed E-state index contributed by atoms with van der Waals surface area (Å²) in [4.78, 5) is 0. The molecule has 5 rings (SSSR count). The van der Waals surface area contributed by atoms with Gasteiger partial charge >= 0.3 is 0 Å². The van der Waals surface area contributed by atoms with Crippen molar-refractivity contribution in [3.63, 3.8) is 0 Å². The lowest BCUT2D eigenvalue weighted by Gasteiger charge is -2.08. The Morgan fingerprint density at radius 1 is 0.440 bits per heavy atom. The van der Waals surface area contributed by atoms with E-state index in [9.17, 15) is 8.78 Å². The maximum Gasteiger partial charge on any atom is 0.140 e. The summed E-state index contributed by atoms with van der Waals surface area (Å²) in [6, 6.07) is 29.2. The summed E-state index contributed by atoms with van der Waals surface area (Å²) in [7, 11) is 0. The molecule has 5 aromatic carbocycles. The minimum absolute atomic E-state index is 0.241. The third-order valence-corrected chi connectivity index (χ3v) is 8.90. The molecule has 0 unspecified atom stereocenters. The molecule has 0 aliphatic rings. The van der Waals surface area contributed by atoms with Gasteiger partial charge < -0.3 is 9.47 Å². The van der Waals surface area contributed by atoms with Gasteiger partial charge in [0.1, 0.15) is 23.1 Å². The van der Waals surface area contributed by atoms with Crippen molar-refractivity contribution in [2.75, 3.05) is 24.7 Å². The van der Waals surface area contributed by atoms with Crippen LogP contribution >= 0.6 is 25.3 Å². The SMILES string of the molecule is Fc1cc(C#Cc2ccc(-c3ccc(OCCCCCCS)cc3)cc2F)ccc1C#Cc1ccc2cc(OCCCCCCS)ccc2c1. The van der Waals surface area contributed by atoms with Gasteiger partial charge in [-0.2, -0.15) is 25.3 Å². The summed E-state index contributed by atoms with van der Waals surface area (Å²) in [5.41, 5.74) is 3.36. The van der Waals surface area contributed by atoms with Crippen molar-refractivity contribution in [1.82, 2.24) is 0 Å². The number of hydrogen-bond donors (Lipinski definition) is 2. The number of unbranched alkanes of at least 4 members (excludes halogenated alkanes) is 6. The zero-order chi connectivity index (χ0) is 35.0. The highest BCUT2D eigenvalue weighted by Gasteiger charge is 2.06. The third kappa shape index (κ3) is 11.3. The van der Waals surface area contributed by atoms with Crippen LogP contribution in [0.1, 0.15) is 73.6 Å². The standard InChI is InChI=1S/C44H42F2O2S2/c45-43-30-34(11-15-37-17-18-40(32-44(37)46)35-19-22-41(23-20-35)47-25-5-1-3-7-27-49)10-14-36(43)13-9-33-12-16-39-31-42(24-21-38(39)29-33)48-26-6-2-4-8-28-50/h10,12,14,16-24,29-32,49-50H,1-8,25-28H2. The van der Waals surface area contributed by atoms with E-state index >= 15 is 0 Å². The molecule has 0 atom stereocenters. The lowest BCUT2D eigenvalue weighted by atomic mass is 10.0. The molecule has 0 radical (unpaired) electrons. The average molecular weight is 705 g/mol. The first-order valence-corrected chi connectivity index (χ1v) is 18.5. The third-order valence-electron chi connectivity index (χ3n) is 8.26. The molecule has 50 heavy (non-hydrogen) atoms. The molecular weight excluding hydrogens is 663 g/mol. The van der Waals surface area contributed by atoms with Crippen LogP contribution in [-0.4, -0.2) is 24.7 Å². The Hall–Kier alpha value is -4.36. The first-order valence-electron chi connectivity index (χ1n) is 17.3. The molecule has 0 N–H and O–H groups in total. The van der Waals surface area contributed by atoms with E-state index in [4.69, 9.17) is 9.47 Å². The number of hydrogen-bond acceptors (Lipinski definition) is 4. The molecule has 2 nitrogen and oxygen atoms in total. The number of ether oxygens (including phenoxy) is 2. The van der Waals surface area contributed by atoms with Gasteiger partial charge in [0.25, 0.3) is 0 Å². The molecule has 0 aliphatic heterocycles. The zero-order valence-electron chi connectivity index (χ0n) is 28.2. The highest BCUT2D eigenvalue weighted by Crippen LogP contribution is 2.25. The normalized spacial score (nSPS) is 10.6. The van der Waals surface area contributed by atoms with Crippen LogP contribution < -0.4 is 9.47 Å². The Bertz CT molecular complexity index is 1980. The van der Waals surface area contributed by atoms with Crippen LogP contribution in [0.4, 0.5) is 8.78 Å². The summed E-state index contributed by atoms with van der Waals surface area (Å²) in [6.07, 6.45) is 8.93. The van der Waals surface area contributed by atoms with E-state index in [1.165, 1.54) is 25.0 Å². The maximum atomic E-state index is 15.0. The molecule has 0 aromatic heterocycles. The molecular formula is C44H42F2O2S2. The van der Waals surface area contributed by atoms with Gasteiger partial charge in [-0.05, 0) is 126 Å². The summed E-state index contributed by atoms with van der Waals surface area (Å²) in [6.45, 7) is 1.38. The smallest absolute Gasteiger partial charge is 0.140 e.